The zero-order chi connectivity index (χ0) is 21.9. The molecule has 166 valence electrons. The van der Waals surface area contributed by atoms with Crippen LogP contribution in [0.15, 0.2) is 36.5 Å². The van der Waals surface area contributed by atoms with Crippen molar-refractivity contribution in [3.8, 4) is 0 Å². The summed E-state index contributed by atoms with van der Waals surface area (Å²) in [5, 5.41) is 3.07. The van der Waals surface area contributed by atoms with Gasteiger partial charge in [-0.05, 0) is 54.6 Å². The smallest absolute Gasteiger partial charge is 0.274 e. The van der Waals surface area contributed by atoms with Crippen LogP contribution in [0, 0.1) is 16.7 Å². The summed E-state index contributed by atoms with van der Waals surface area (Å²) in [6.45, 7) is 2.05. The first kappa shape index (κ1) is 19.5. The Balaban J connectivity index is 1.17. The van der Waals surface area contributed by atoms with Crippen LogP contribution in [0.1, 0.15) is 42.6 Å². The largest absolute Gasteiger partial charge is 0.342 e. The van der Waals surface area contributed by atoms with Gasteiger partial charge in [0.25, 0.3) is 5.91 Å². The summed E-state index contributed by atoms with van der Waals surface area (Å²) >= 11 is 0. The number of pyridine rings is 1. The van der Waals surface area contributed by atoms with Crippen molar-refractivity contribution in [2.45, 2.75) is 32.1 Å². The van der Waals surface area contributed by atoms with E-state index in [1.54, 1.807) is 20.4 Å². The van der Waals surface area contributed by atoms with Crippen molar-refractivity contribution in [3.63, 3.8) is 0 Å². The molecule has 0 radical (unpaired) electrons. The molecule has 2 aromatic rings. The maximum absolute atomic E-state index is 13.0. The normalized spacial score (nSPS) is 30.3. The van der Waals surface area contributed by atoms with E-state index >= 15 is 0 Å². The number of imidazole rings is 1. The van der Waals surface area contributed by atoms with Crippen molar-refractivity contribution >= 4 is 29.7 Å². The lowest BCUT2D eigenvalue weighted by Crippen LogP contribution is -2.48. The summed E-state index contributed by atoms with van der Waals surface area (Å²) in [6, 6.07) is 5.52. The number of nitrogens with zero attached hydrogens (tertiary/aromatic N) is 4. The first-order valence-electron chi connectivity index (χ1n) is 11.4. The molecule has 3 heterocycles. The SMILES string of the molecule is O=CN1CCN(C(=O)c2cn3c(NC(=O)CC45CC=CC6(CC6C4)C5)cccc3n2)CC1. The van der Waals surface area contributed by atoms with Gasteiger partial charge in [-0.25, -0.2) is 4.98 Å². The fourth-order valence-corrected chi connectivity index (χ4v) is 6.29. The Labute approximate surface area is 186 Å². The van der Waals surface area contributed by atoms with Crippen molar-refractivity contribution < 1.29 is 14.4 Å². The van der Waals surface area contributed by atoms with Gasteiger partial charge in [0.15, 0.2) is 0 Å². The molecule has 1 N–H and O–H groups in total. The summed E-state index contributed by atoms with van der Waals surface area (Å²) < 4.78 is 1.78. The molecular weight excluding hydrogens is 406 g/mol. The van der Waals surface area contributed by atoms with Crippen LogP contribution >= 0.6 is 0 Å². The fourth-order valence-electron chi connectivity index (χ4n) is 6.29. The highest BCUT2D eigenvalue weighted by Crippen LogP contribution is 2.73. The predicted octanol–water partition coefficient (Wildman–Crippen LogP) is 2.32. The van der Waals surface area contributed by atoms with Crippen molar-refractivity contribution in [3.05, 3.63) is 42.2 Å². The zero-order valence-electron chi connectivity index (χ0n) is 18.0. The number of piperazine rings is 1. The van der Waals surface area contributed by atoms with Gasteiger partial charge < -0.3 is 15.1 Å². The molecule has 2 saturated carbocycles. The lowest BCUT2D eigenvalue weighted by molar-refractivity contribution is -0.119. The van der Waals surface area contributed by atoms with Gasteiger partial charge in [-0.1, -0.05) is 18.2 Å². The minimum absolute atomic E-state index is 0.0239. The lowest BCUT2D eigenvalue weighted by Gasteiger charge is -2.33. The van der Waals surface area contributed by atoms with Gasteiger partial charge in [0.2, 0.25) is 12.3 Å². The zero-order valence-corrected chi connectivity index (χ0v) is 18.0. The van der Waals surface area contributed by atoms with Gasteiger partial charge in [0, 0.05) is 38.8 Å². The van der Waals surface area contributed by atoms with E-state index in [1.807, 2.05) is 18.2 Å². The van der Waals surface area contributed by atoms with Gasteiger partial charge >= 0.3 is 0 Å². The third kappa shape index (κ3) is 3.12. The third-order valence-electron chi connectivity index (χ3n) is 7.93. The van der Waals surface area contributed by atoms with E-state index in [-0.39, 0.29) is 17.2 Å². The number of fused-ring (bicyclic) bond motifs is 2. The molecule has 3 amide bonds. The Morgan fingerprint density at radius 2 is 2.03 bits per heavy atom. The second-order valence-corrected chi connectivity index (χ2v) is 10.0. The van der Waals surface area contributed by atoms with Crippen LogP contribution < -0.4 is 5.32 Å². The van der Waals surface area contributed by atoms with E-state index in [0.717, 1.165) is 31.6 Å². The molecule has 1 saturated heterocycles. The van der Waals surface area contributed by atoms with Gasteiger partial charge in [-0.3, -0.25) is 18.8 Å². The lowest BCUT2D eigenvalue weighted by atomic mass is 9.72. The quantitative estimate of drug-likeness (QED) is 0.579. The Bertz CT molecular complexity index is 1150. The highest BCUT2D eigenvalue weighted by atomic mass is 16.2. The molecule has 1 aliphatic heterocycles. The summed E-state index contributed by atoms with van der Waals surface area (Å²) in [5.41, 5.74) is 1.47. The number of anilines is 1. The first-order valence-corrected chi connectivity index (χ1v) is 11.4. The first-order chi connectivity index (χ1) is 15.5. The number of aromatic nitrogens is 2. The maximum atomic E-state index is 13.0. The Morgan fingerprint density at radius 3 is 2.84 bits per heavy atom. The van der Waals surface area contributed by atoms with Gasteiger partial charge in [0.1, 0.15) is 17.2 Å². The molecule has 8 nitrogen and oxygen atoms in total. The van der Waals surface area contributed by atoms with E-state index < -0.39 is 0 Å². The molecule has 6 rings (SSSR count). The number of hydrogen-bond acceptors (Lipinski definition) is 4. The van der Waals surface area contributed by atoms with Crippen LogP contribution in [0.4, 0.5) is 5.82 Å². The number of hydrogen-bond donors (Lipinski definition) is 1. The Hall–Kier alpha value is -3.16. The summed E-state index contributed by atoms with van der Waals surface area (Å²) in [6.07, 6.45) is 12.3. The van der Waals surface area contributed by atoms with Crippen LogP contribution in [0.3, 0.4) is 0 Å². The minimum atomic E-state index is -0.153. The van der Waals surface area contributed by atoms with E-state index in [4.69, 9.17) is 0 Å². The predicted molar refractivity (Wildman–Crippen MR) is 118 cm³/mol. The second kappa shape index (κ2) is 6.92. The molecule has 1 spiro atoms. The van der Waals surface area contributed by atoms with Crippen LogP contribution in [0.5, 0.6) is 0 Å². The Morgan fingerprint density at radius 1 is 1.19 bits per heavy atom. The molecule has 3 aliphatic carbocycles. The van der Waals surface area contributed by atoms with Crippen LogP contribution in [-0.2, 0) is 9.59 Å². The van der Waals surface area contributed by atoms with Gasteiger partial charge in [0.05, 0.1) is 0 Å². The Kier molecular flexibility index (Phi) is 4.22. The molecule has 3 atom stereocenters. The van der Waals surface area contributed by atoms with Crippen LogP contribution in [0.25, 0.3) is 5.65 Å². The monoisotopic (exact) mass is 433 g/mol. The molecule has 3 fully saturated rings. The third-order valence-corrected chi connectivity index (χ3v) is 7.93. The molecule has 4 aliphatic rings. The van der Waals surface area contributed by atoms with E-state index in [0.29, 0.717) is 55.2 Å². The van der Waals surface area contributed by atoms with Gasteiger partial charge in [-0.2, -0.15) is 0 Å². The van der Waals surface area contributed by atoms with E-state index in [1.165, 1.54) is 6.42 Å². The van der Waals surface area contributed by atoms with Crippen molar-refractivity contribution in [2.75, 3.05) is 31.5 Å². The summed E-state index contributed by atoms with van der Waals surface area (Å²) in [7, 11) is 0. The molecule has 0 aromatic carbocycles. The topological polar surface area (TPSA) is 87.0 Å². The highest BCUT2D eigenvalue weighted by Gasteiger charge is 2.64. The van der Waals surface area contributed by atoms with Crippen molar-refractivity contribution in [1.29, 1.82) is 0 Å². The number of nitrogens with one attached hydrogen (secondary N) is 1. The van der Waals surface area contributed by atoms with E-state index in [2.05, 4.69) is 22.5 Å². The standard InChI is InChI=1S/C24H27N5O3/c30-16-27-7-9-28(10-8-27)22(32)18-14-29-19(25-18)3-1-4-20(29)26-21(31)13-23-5-2-6-24(15-23)12-17(24)11-23/h1-4,6,14,16-17H,5,7-13,15H2,(H,26,31). The minimum Gasteiger partial charge on any atom is -0.342 e. The highest BCUT2D eigenvalue weighted by molar-refractivity contribution is 5.94. The number of carbonyl (C=O) groups excluding carboxylic acids is 3. The average Bonchev–Trinajstić information content (AvgIpc) is 3.15. The molecule has 8 heteroatoms. The number of amides is 3. The number of allylic oxidation sites excluding steroid dienone is 2. The summed E-state index contributed by atoms with van der Waals surface area (Å²) in [4.78, 5) is 44.7. The molecule has 32 heavy (non-hydrogen) atoms. The van der Waals surface area contributed by atoms with E-state index in [9.17, 15) is 14.4 Å². The van der Waals surface area contributed by atoms with Gasteiger partial charge in [-0.15, -0.1) is 0 Å². The average molecular weight is 434 g/mol. The molecule has 3 unspecified atom stereocenters. The van der Waals surface area contributed by atoms with Crippen LogP contribution in [0.2, 0.25) is 0 Å². The fraction of sp³-hybridized carbons (Fsp3) is 0.500. The van der Waals surface area contributed by atoms with Crippen molar-refractivity contribution in [1.82, 2.24) is 19.2 Å². The number of carbonyl (C=O) groups is 3. The molecule has 2 bridgehead atoms. The van der Waals surface area contributed by atoms with Crippen LogP contribution in [-0.4, -0.2) is 63.6 Å². The summed E-state index contributed by atoms with van der Waals surface area (Å²) in [5.74, 6) is 1.27. The second-order valence-electron chi connectivity index (χ2n) is 10.0. The molecular formula is C24H27N5O3. The maximum Gasteiger partial charge on any atom is 0.274 e. The van der Waals surface area contributed by atoms with Crippen molar-refractivity contribution in [2.24, 2.45) is 16.7 Å². The molecule has 2 aromatic heterocycles. The number of rotatable bonds is 5.